The second-order valence-corrected chi connectivity index (χ2v) is 8.06. The van der Waals surface area contributed by atoms with Gasteiger partial charge in [0, 0.05) is 26.2 Å². The van der Waals surface area contributed by atoms with Crippen molar-refractivity contribution in [1.29, 1.82) is 0 Å². The summed E-state index contributed by atoms with van der Waals surface area (Å²) in [5, 5.41) is 11.4. The van der Waals surface area contributed by atoms with Gasteiger partial charge in [-0.05, 0) is 18.6 Å². The Morgan fingerprint density at radius 1 is 1.06 bits per heavy atom. The zero-order valence-electron chi connectivity index (χ0n) is 18.7. The lowest BCUT2D eigenvalue weighted by Gasteiger charge is -2.28. The summed E-state index contributed by atoms with van der Waals surface area (Å²) >= 11 is 0. The number of nitrogens with zero attached hydrogens (tertiary/aromatic N) is 3. The number of phenolic OH excluding ortho intramolecular Hbond substituents is 1. The number of hydrogen-bond donors (Lipinski definition) is 1. The highest BCUT2D eigenvalue weighted by Crippen LogP contribution is 2.44. The van der Waals surface area contributed by atoms with Crippen LogP contribution in [0, 0.1) is 0 Å². The second-order valence-electron chi connectivity index (χ2n) is 8.06. The van der Waals surface area contributed by atoms with E-state index < -0.39 is 11.8 Å². The summed E-state index contributed by atoms with van der Waals surface area (Å²) in [5.74, 6) is 0.349. The van der Waals surface area contributed by atoms with Gasteiger partial charge in [0.1, 0.15) is 6.10 Å². The van der Waals surface area contributed by atoms with E-state index in [1.807, 2.05) is 41.8 Å². The Labute approximate surface area is 189 Å². The first-order valence-corrected chi connectivity index (χ1v) is 10.9. The number of phenols is 1. The Hall–Kier alpha value is -3.78. The van der Waals surface area contributed by atoms with E-state index in [1.54, 1.807) is 25.2 Å². The highest BCUT2D eigenvalue weighted by Gasteiger charge is 2.34. The quantitative estimate of drug-likeness (QED) is 0.520. The topological polar surface area (TPSA) is 87.6 Å². The fourth-order valence-corrected chi connectivity index (χ4v) is 4.74. The van der Waals surface area contributed by atoms with Crippen LogP contribution < -0.4 is 16.0 Å². The molecule has 33 heavy (non-hydrogen) atoms. The van der Waals surface area contributed by atoms with Crippen LogP contribution in [0.4, 0.5) is 0 Å². The Morgan fingerprint density at radius 3 is 2.55 bits per heavy atom. The number of aromatic hydroxyl groups is 1. The third kappa shape index (κ3) is 3.09. The molecule has 4 aromatic rings. The van der Waals surface area contributed by atoms with E-state index >= 15 is 0 Å². The number of para-hydroxylation sites is 1. The van der Waals surface area contributed by atoms with Gasteiger partial charge in [0.2, 0.25) is 0 Å². The summed E-state index contributed by atoms with van der Waals surface area (Å²) in [6.45, 7) is 3.14. The molecule has 0 fully saturated rings. The predicted molar refractivity (Wildman–Crippen MR) is 125 cm³/mol. The van der Waals surface area contributed by atoms with Crippen molar-refractivity contribution in [3.8, 4) is 22.8 Å². The van der Waals surface area contributed by atoms with Gasteiger partial charge < -0.3 is 19.1 Å². The number of aromatic nitrogens is 3. The van der Waals surface area contributed by atoms with E-state index in [9.17, 15) is 14.7 Å². The van der Waals surface area contributed by atoms with Gasteiger partial charge in [0.15, 0.2) is 11.5 Å². The van der Waals surface area contributed by atoms with E-state index in [0.29, 0.717) is 47.7 Å². The number of hydrogen-bond acceptors (Lipinski definition) is 5. The van der Waals surface area contributed by atoms with Gasteiger partial charge in [0.25, 0.3) is 5.56 Å². The summed E-state index contributed by atoms with van der Waals surface area (Å²) in [6, 6.07) is 14.9. The lowest BCUT2D eigenvalue weighted by atomic mass is 10.0. The van der Waals surface area contributed by atoms with Gasteiger partial charge in [-0.15, -0.1) is 0 Å². The number of aryl methyl sites for hydroxylation is 1. The predicted octanol–water partition coefficient (Wildman–Crippen LogP) is 2.93. The molecule has 0 aliphatic carbocycles. The molecule has 0 bridgehead atoms. The van der Waals surface area contributed by atoms with Gasteiger partial charge in [-0.25, -0.2) is 4.79 Å². The van der Waals surface area contributed by atoms with E-state index in [1.165, 1.54) is 11.6 Å². The molecule has 1 unspecified atom stereocenters. The van der Waals surface area contributed by atoms with Crippen LogP contribution >= 0.6 is 0 Å². The molecule has 1 atom stereocenters. The first-order chi connectivity index (χ1) is 16.0. The van der Waals surface area contributed by atoms with Gasteiger partial charge >= 0.3 is 5.69 Å². The maximum Gasteiger partial charge on any atom is 0.331 e. The number of benzene rings is 2. The monoisotopic (exact) mass is 447 g/mol. The molecule has 0 saturated carbocycles. The molecule has 2 aromatic heterocycles. The molecular weight excluding hydrogens is 422 g/mol. The summed E-state index contributed by atoms with van der Waals surface area (Å²) in [7, 11) is 3.14. The third-order valence-electron chi connectivity index (χ3n) is 6.21. The van der Waals surface area contributed by atoms with Crippen molar-refractivity contribution in [3.05, 3.63) is 80.6 Å². The highest BCUT2D eigenvalue weighted by molar-refractivity contribution is 5.96. The molecule has 1 aliphatic heterocycles. The molecule has 8 nitrogen and oxygen atoms in total. The standard InChI is InChI=1S/C25H25N3O5/c1-4-32-17-12-8-11-16(22(17)29)23-21-20-18(24(30)27(3)25(31)26(20)2)19(28(21)13-14-33-23)15-9-6-5-7-10-15/h5-12,23,29H,4,13-14H2,1-3H3. The lowest BCUT2D eigenvalue weighted by molar-refractivity contribution is 0.0462. The zero-order valence-corrected chi connectivity index (χ0v) is 18.7. The van der Waals surface area contributed by atoms with E-state index in [-0.39, 0.29) is 11.3 Å². The molecule has 0 amide bonds. The molecule has 5 rings (SSSR count). The molecule has 170 valence electrons. The molecule has 0 spiro atoms. The average Bonchev–Trinajstić information content (AvgIpc) is 3.19. The molecule has 8 heteroatoms. The largest absolute Gasteiger partial charge is 0.504 e. The minimum atomic E-state index is -0.683. The SMILES string of the molecule is CCOc1cccc(C2OCCn3c(-c4ccccc4)c4c(=O)n(C)c(=O)n(C)c4c32)c1O. The minimum absolute atomic E-state index is 0.0118. The Morgan fingerprint density at radius 2 is 1.82 bits per heavy atom. The van der Waals surface area contributed by atoms with Crippen LogP contribution in [0.25, 0.3) is 22.2 Å². The lowest BCUT2D eigenvalue weighted by Crippen LogP contribution is -2.37. The van der Waals surface area contributed by atoms with Crippen LogP contribution in [-0.2, 0) is 25.4 Å². The molecule has 1 aliphatic rings. The van der Waals surface area contributed by atoms with E-state index in [4.69, 9.17) is 9.47 Å². The van der Waals surface area contributed by atoms with Gasteiger partial charge in [-0.2, -0.15) is 0 Å². The molecule has 0 radical (unpaired) electrons. The van der Waals surface area contributed by atoms with Gasteiger partial charge in [-0.3, -0.25) is 13.9 Å². The van der Waals surface area contributed by atoms with Crippen molar-refractivity contribution in [1.82, 2.24) is 13.7 Å². The van der Waals surface area contributed by atoms with E-state index in [2.05, 4.69) is 0 Å². The van der Waals surface area contributed by atoms with Crippen LogP contribution in [0.3, 0.4) is 0 Å². The van der Waals surface area contributed by atoms with Crippen LogP contribution in [0.5, 0.6) is 11.5 Å². The first-order valence-electron chi connectivity index (χ1n) is 10.9. The molecular formula is C25H25N3O5. The van der Waals surface area contributed by atoms with Crippen LogP contribution in [0.15, 0.2) is 58.1 Å². The summed E-state index contributed by atoms with van der Waals surface area (Å²) in [5.41, 5.74) is 2.53. The molecule has 1 N–H and O–H groups in total. The molecule has 3 heterocycles. The number of fused-ring (bicyclic) bond motifs is 3. The third-order valence-corrected chi connectivity index (χ3v) is 6.21. The molecule has 2 aromatic carbocycles. The smallest absolute Gasteiger partial charge is 0.331 e. The molecule has 0 saturated heterocycles. The Kier molecular flexibility index (Phi) is 5.09. The summed E-state index contributed by atoms with van der Waals surface area (Å²) in [4.78, 5) is 26.3. The maximum absolute atomic E-state index is 13.4. The fraction of sp³-hybridized carbons (Fsp3) is 0.280. The average molecular weight is 447 g/mol. The van der Waals surface area contributed by atoms with Crippen molar-refractivity contribution in [2.45, 2.75) is 19.6 Å². The Balaban J connectivity index is 1.91. The number of rotatable bonds is 4. The van der Waals surface area contributed by atoms with E-state index in [0.717, 1.165) is 15.8 Å². The van der Waals surface area contributed by atoms with Crippen LogP contribution in [0.1, 0.15) is 24.3 Å². The van der Waals surface area contributed by atoms with Gasteiger partial charge in [-0.1, -0.05) is 42.5 Å². The van der Waals surface area contributed by atoms with Crippen molar-refractivity contribution in [2.24, 2.45) is 14.1 Å². The van der Waals surface area contributed by atoms with Crippen molar-refractivity contribution in [2.75, 3.05) is 13.2 Å². The van der Waals surface area contributed by atoms with Gasteiger partial charge in [0.05, 0.1) is 35.5 Å². The maximum atomic E-state index is 13.4. The number of ether oxygens (including phenoxy) is 2. The minimum Gasteiger partial charge on any atom is -0.504 e. The second kappa shape index (κ2) is 7.97. The summed E-state index contributed by atoms with van der Waals surface area (Å²) < 4.78 is 16.4. The summed E-state index contributed by atoms with van der Waals surface area (Å²) in [6.07, 6.45) is -0.683. The van der Waals surface area contributed by atoms with Crippen molar-refractivity contribution in [3.63, 3.8) is 0 Å². The highest BCUT2D eigenvalue weighted by atomic mass is 16.5. The van der Waals surface area contributed by atoms with Crippen LogP contribution in [-0.4, -0.2) is 32.0 Å². The van der Waals surface area contributed by atoms with Crippen molar-refractivity contribution >= 4 is 10.9 Å². The Bertz CT molecular complexity index is 1480. The first kappa shape index (κ1) is 21.1. The fourth-order valence-electron chi connectivity index (χ4n) is 4.74. The van der Waals surface area contributed by atoms with Crippen LogP contribution in [0.2, 0.25) is 0 Å². The van der Waals surface area contributed by atoms with Crippen molar-refractivity contribution < 1.29 is 14.6 Å². The normalized spacial score (nSPS) is 15.5. The zero-order chi connectivity index (χ0) is 23.3.